The first-order valence-electron chi connectivity index (χ1n) is 5.51. The van der Waals surface area contributed by atoms with E-state index in [1.54, 1.807) is 6.08 Å². The maximum atomic E-state index is 12.7. The Bertz CT molecular complexity index is 292. The molecular weight excluding hydrogens is 273 g/mol. The van der Waals surface area contributed by atoms with Crippen LogP contribution < -0.4 is 0 Å². The van der Waals surface area contributed by atoms with Crippen LogP contribution in [0.1, 0.15) is 26.7 Å². The highest BCUT2D eigenvalue weighted by Gasteiger charge is 2.62. The third kappa shape index (κ3) is 4.86. The first-order chi connectivity index (χ1) is 8.29. The van der Waals surface area contributed by atoms with Gasteiger partial charge in [0.15, 0.2) is 0 Å². The number of rotatable bonds is 7. The number of carbonyl (C=O) groups excluding carboxylic acids is 1. The SMILES string of the molecule is CCC/C=C/CO[C@@](Cl)(C(=O)OCC)C(F)(F)F. The molecule has 1 atom stereocenters. The second kappa shape index (κ2) is 7.63. The highest BCUT2D eigenvalue weighted by atomic mass is 35.5. The van der Waals surface area contributed by atoms with Gasteiger partial charge in [-0.3, -0.25) is 0 Å². The summed E-state index contributed by atoms with van der Waals surface area (Å²) < 4.78 is 46.7. The summed E-state index contributed by atoms with van der Waals surface area (Å²) in [6.07, 6.45) is -0.437. The molecule has 0 fully saturated rings. The third-order valence-electron chi connectivity index (χ3n) is 1.90. The van der Waals surface area contributed by atoms with E-state index in [0.29, 0.717) is 6.42 Å². The molecule has 0 saturated carbocycles. The molecule has 0 saturated heterocycles. The fourth-order valence-corrected chi connectivity index (χ4v) is 1.11. The molecule has 7 heteroatoms. The van der Waals surface area contributed by atoms with Crippen LogP contribution in [0.3, 0.4) is 0 Å². The summed E-state index contributed by atoms with van der Waals surface area (Å²) in [5.41, 5.74) is 0. The number of ether oxygens (including phenoxy) is 2. The Morgan fingerprint density at radius 2 is 1.89 bits per heavy atom. The van der Waals surface area contributed by atoms with Gasteiger partial charge >= 0.3 is 17.2 Å². The van der Waals surface area contributed by atoms with Crippen LogP contribution in [0.2, 0.25) is 0 Å². The second-order valence-electron chi connectivity index (χ2n) is 3.38. The number of alkyl halides is 4. The van der Waals surface area contributed by atoms with E-state index in [1.165, 1.54) is 13.0 Å². The van der Waals surface area contributed by atoms with E-state index >= 15 is 0 Å². The predicted molar refractivity (Wildman–Crippen MR) is 61.3 cm³/mol. The lowest BCUT2D eigenvalue weighted by Gasteiger charge is -2.26. The molecule has 0 N–H and O–H groups in total. The Morgan fingerprint density at radius 3 is 2.33 bits per heavy atom. The Labute approximate surface area is 109 Å². The van der Waals surface area contributed by atoms with Crippen molar-refractivity contribution in [2.24, 2.45) is 0 Å². The largest absolute Gasteiger partial charge is 0.463 e. The average Bonchev–Trinajstić information content (AvgIpc) is 2.27. The van der Waals surface area contributed by atoms with E-state index < -0.39 is 23.8 Å². The molecule has 0 aromatic heterocycles. The molecule has 0 bridgehead atoms. The van der Waals surface area contributed by atoms with E-state index in [0.717, 1.165) is 6.42 Å². The molecule has 0 radical (unpaired) electrons. The molecule has 0 heterocycles. The van der Waals surface area contributed by atoms with Crippen LogP contribution in [0.25, 0.3) is 0 Å². The van der Waals surface area contributed by atoms with Gasteiger partial charge in [-0.1, -0.05) is 37.1 Å². The van der Waals surface area contributed by atoms with Crippen molar-refractivity contribution in [3.05, 3.63) is 12.2 Å². The number of hydrogen-bond donors (Lipinski definition) is 0. The third-order valence-corrected chi connectivity index (χ3v) is 2.38. The summed E-state index contributed by atoms with van der Waals surface area (Å²) >= 11 is 5.20. The maximum absolute atomic E-state index is 12.7. The summed E-state index contributed by atoms with van der Waals surface area (Å²) in [6.45, 7) is 2.68. The van der Waals surface area contributed by atoms with Crippen molar-refractivity contribution in [3.63, 3.8) is 0 Å². The van der Waals surface area contributed by atoms with Crippen LogP contribution in [0.4, 0.5) is 13.2 Å². The van der Waals surface area contributed by atoms with Crippen LogP contribution >= 0.6 is 11.6 Å². The zero-order chi connectivity index (χ0) is 14.2. The van der Waals surface area contributed by atoms with Gasteiger partial charge < -0.3 is 9.47 Å². The van der Waals surface area contributed by atoms with Crippen molar-refractivity contribution in [2.75, 3.05) is 13.2 Å². The van der Waals surface area contributed by atoms with Crippen LogP contribution in [0.5, 0.6) is 0 Å². The highest BCUT2D eigenvalue weighted by Crippen LogP contribution is 2.38. The van der Waals surface area contributed by atoms with Crippen molar-refractivity contribution in [1.29, 1.82) is 0 Å². The van der Waals surface area contributed by atoms with Crippen LogP contribution in [-0.2, 0) is 14.3 Å². The number of carbonyl (C=O) groups is 1. The summed E-state index contributed by atoms with van der Waals surface area (Å²) in [6, 6.07) is 0. The lowest BCUT2D eigenvalue weighted by Crippen LogP contribution is -2.50. The number of unbranched alkanes of at least 4 members (excludes halogenated alkanes) is 1. The number of esters is 1. The fraction of sp³-hybridized carbons (Fsp3) is 0.727. The monoisotopic (exact) mass is 288 g/mol. The Balaban J connectivity index is 4.64. The van der Waals surface area contributed by atoms with Crippen LogP contribution in [-0.4, -0.2) is 30.4 Å². The van der Waals surface area contributed by atoms with Crippen LogP contribution in [0, 0.1) is 0 Å². The molecule has 0 aliphatic carbocycles. The van der Waals surface area contributed by atoms with Gasteiger partial charge in [-0.2, -0.15) is 13.2 Å². The van der Waals surface area contributed by atoms with Crippen molar-refractivity contribution in [1.82, 2.24) is 0 Å². The second-order valence-corrected chi connectivity index (χ2v) is 3.92. The van der Waals surface area contributed by atoms with E-state index in [1.807, 2.05) is 6.92 Å². The molecule has 0 spiro atoms. The Hall–Kier alpha value is -0.750. The van der Waals surface area contributed by atoms with E-state index in [-0.39, 0.29) is 6.61 Å². The summed E-state index contributed by atoms with van der Waals surface area (Å²) in [4.78, 5) is 11.2. The summed E-state index contributed by atoms with van der Waals surface area (Å²) in [5.74, 6) is -1.65. The van der Waals surface area contributed by atoms with E-state index in [9.17, 15) is 18.0 Å². The first kappa shape index (κ1) is 17.2. The molecule has 0 rings (SSSR count). The molecule has 18 heavy (non-hydrogen) atoms. The van der Waals surface area contributed by atoms with E-state index in [4.69, 9.17) is 11.6 Å². The zero-order valence-corrected chi connectivity index (χ0v) is 11.0. The topological polar surface area (TPSA) is 35.5 Å². The molecule has 0 aliphatic heterocycles. The van der Waals surface area contributed by atoms with Gasteiger partial charge in [0.25, 0.3) is 0 Å². The van der Waals surface area contributed by atoms with Crippen molar-refractivity contribution < 1.29 is 27.4 Å². The quantitative estimate of drug-likeness (QED) is 0.409. The van der Waals surface area contributed by atoms with Gasteiger partial charge in [0, 0.05) is 0 Å². The predicted octanol–water partition coefficient (Wildman–Crippen LogP) is 3.42. The van der Waals surface area contributed by atoms with Crippen molar-refractivity contribution >= 4 is 17.6 Å². The smallest absolute Gasteiger partial charge is 0.443 e. The molecule has 0 amide bonds. The lowest BCUT2D eigenvalue weighted by molar-refractivity contribution is -0.244. The number of allylic oxidation sites excluding steroid dienone is 1. The Kier molecular flexibility index (Phi) is 7.32. The molecule has 3 nitrogen and oxygen atoms in total. The minimum atomic E-state index is -5.04. The first-order valence-corrected chi connectivity index (χ1v) is 5.89. The zero-order valence-electron chi connectivity index (χ0n) is 10.2. The Morgan fingerprint density at radius 1 is 1.28 bits per heavy atom. The van der Waals surface area contributed by atoms with Gasteiger partial charge in [0.2, 0.25) is 0 Å². The molecule has 0 aromatic rings. The molecule has 0 aliphatic rings. The normalized spacial score (nSPS) is 15.7. The van der Waals surface area contributed by atoms with Crippen molar-refractivity contribution in [2.45, 2.75) is 37.9 Å². The minimum absolute atomic E-state index is 0.210. The molecule has 0 unspecified atom stereocenters. The van der Waals surface area contributed by atoms with Gasteiger partial charge in [-0.25, -0.2) is 4.79 Å². The van der Waals surface area contributed by atoms with Gasteiger partial charge in [0.1, 0.15) is 0 Å². The summed E-state index contributed by atoms with van der Waals surface area (Å²) in [7, 11) is 0. The molecule has 0 aromatic carbocycles. The summed E-state index contributed by atoms with van der Waals surface area (Å²) in [5, 5.41) is -3.44. The fourth-order valence-electron chi connectivity index (χ4n) is 0.996. The van der Waals surface area contributed by atoms with E-state index in [2.05, 4.69) is 9.47 Å². The standard InChI is InChI=1S/C11H16ClF3O3/c1-3-5-6-7-8-18-10(12,11(13,14)15)9(16)17-4-2/h6-7H,3-5,8H2,1-2H3/b7-6+/t10-/m0/s1. The maximum Gasteiger partial charge on any atom is 0.443 e. The van der Waals surface area contributed by atoms with Gasteiger partial charge in [0.05, 0.1) is 13.2 Å². The van der Waals surface area contributed by atoms with Gasteiger partial charge in [-0.15, -0.1) is 0 Å². The van der Waals surface area contributed by atoms with Crippen molar-refractivity contribution in [3.8, 4) is 0 Å². The number of halogens is 4. The lowest BCUT2D eigenvalue weighted by atomic mass is 10.3. The molecule has 106 valence electrons. The van der Waals surface area contributed by atoms with Gasteiger partial charge in [-0.05, 0) is 13.3 Å². The molecular formula is C11H16ClF3O3. The number of hydrogen-bond acceptors (Lipinski definition) is 3. The van der Waals surface area contributed by atoms with Crippen LogP contribution in [0.15, 0.2) is 12.2 Å². The highest BCUT2D eigenvalue weighted by molar-refractivity contribution is 6.33. The minimum Gasteiger partial charge on any atom is -0.463 e. The average molecular weight is 289 g/mol.